The van der Waals surface area contributed by atoms with Crippen molar-refractivity contribution in [2.45, 2.75) is 26.1 Å². The lowest BCUT2D eigenvalue weighted by atomic mass is 10.1. The van der Waals surface area contributed by atoms with Crippen LogP contribution in [0.2, 0.25) is 0 Å². The van der Waals surface area contributed by atoms with E-state index in [1.54, 1.807) is 18.4 Å². The fraction of sp³-hybridized carbons (Fsp3) is 0.500. The van der Waals surface area contributed by atoms with Crippen molar-refractivity contribution in [3.8, 4) is 0 Å². The van der Waals surface area contributed by atoms with Gasteiger partial charge in [0.05, 0.1) is 0 Å². The highest BCUT2D eigenvalue weighted by atomic mass is 32.1. The molecular weight excluding hydrogens is 268 g/mol. The summed E-state index contributed by atoms with van der Waals surface area (Å²) >= 11 is 1.78. The molecule has 3 nitrogen and oxygen atoms in total. The van der Waals surface area contributed by atoms with Crippen molar-refractivity contribution in [1.82, 2.24) is 9.47 Å². The molecule has 0 unspecified atom stereocenters. The number of methoxy groups -OCH3 is 1. The molecule has 3 heterocycles. The van der Waals surface area contributed by atoms with Crippen LogP contribution in [0.5, 0.6) is 0 Å². The van der Waals surface area contributed by atoms with Gasteiger partial charge in [0.2, 0.25) is 0 Å². The van der Waals surface area contributed by atoms with Crippen LogP contribution in [0.3, 0.4) is 0 Å². The summed E-state index contributed by atoms with van der Waals surface area (Å²) < 4.78 is 7.68. The molecule has 0 amide bonds. The quantitative estimate of drug-likeness (QED) is 0.841. The van der Waals surface area contributed by atoms with Crippen LogP contribution in [0.4, 0.5) is 0 Å². The van der Waals surface area contributed by atoms with Gasteiger partial charge in [-0.3, -0.25) is 4.90 Å². The van der Waals surface area contributed by atoms with Gasteiger partial charge in [-0.25, -0.2) is 0 Å². The van der Waals surface area contributed by atoms with E-state index in [-0.39, 0.29) is 0 Å². The predicted octanol–water partition coefficient (Wildman–Crippen LogP) is 3.22. The molecule has 0 saturated carbocycles. The van der Waals surface area contributed by atoms with Gasteiger partial charge in [0.15, 0.2) is 0 Å². The molecule has 0 aromatic carbocycles. The van der Waals surface area contributed by atoms with Gasteiger partial charge >= 0.3 is 0 Å². The Morgan fingerprint density at radius 2 is 2.30 bits per heavy atom. The Balaban J connectivity index is 1.73. The minimum Gasteiger partial charge on any atom is -0.385 e. The minimum atomic E-state index is 0.669. The van der Waals surface area contributed by atoms with E-state index < -0.39 is 0 Å². The first-order valence-corrected chi connectivity index (χ1v) is 8.16. The molecule has 0 spiro atoms. The van der Waals surface area contributed by atoms with Gasteiger partial charge in [0.1, 0.15) is 0 Å². The maximum Gasteiger partial charge on any atom is 0.0466 e. The minimum absolute atomic E-state index is 0.669. The molecule has 4 heteroatoms. The molecule has 0 bridgehead atoms. The van der Waals surface area contributed by atoms with Crippen molar-refractivity contribution in [2.75, 3.05) is 20.3 Å². The number of aromatic nitrogens is 1. The lowest BCUT2D eigenvalue weighted by molar-refractivity contribution is 0.151. The van der Waals surface area contributed by atoms with Crippen LogP contribution >= 0.6 is 11.3 Å². The molecular formula is C16H22N2OS. The van der Waals surface area contributed by atoms with Crippen molar-refractivity contribution in [3.63, 3.8) is 0 Å². The lowest BCUT2D eigenvalue weighted by Gasteiger charge is -2.23. The monoisotopic (exact) mass is 290 g/mol. The Hall–Kier alpha value is -1.10. The third-order valence-electron chi connectivity index (χ3n) is 4.00. The SMILES string of the molecule is COCC[C@@H]1CN(Cc2ccsc2)Cc2cccn2C1. The molecule has 0 aliphatic carbocycles. The van der Waals surface area contributed by atoms with Crippen molar-refractivity contribution < 1.29 is 4.74 Å². The van der Waals surface area contributed by atoms with Crippen LogP contribution in [-0.4, -0.2) is 29.7 Å². The van der Waals surface area contributed by atoms with E-state index in [9.17, 15) is 0 Å². The van der Waals surface area contributed by atoms with Gasteiger partial charge < -0.3 is 9.30 Å². The predicted molar refractivity (Wildman–Crippen MR) is 82.8 cm³/mol. The average molecular weight is 290 g/mol. The largest absolute Gasteiger partial charge is 0.385 e. The number of nitrogens with zero attached hydrogens (tertiary/aromatic N) is 2. The fourth-order valence-corrected chi connectivity index (χ4v) is 3.65. The second-order valence-corrected chi connectivity index (χ2v) is 6.38. The Kier molecular flexibility index (Phi) is 4.55. The van der Waals surface area contributed by atoms with Gasteiger partial charge in [-0.2, -0.15) is 11.3 Å². The van der Waals surface area contributed by atoms with Crippen LogP contribution in [0.25, 0.3) is 0 Å². The first-order chi connectivity index (χ1) is 9.85. The highest BCUT2D eigenvalue weighted by Gasteiger charge is 2.21. The summed E-state index contributed by atoms with van der Waals surface area (Å²) in [5.74, 6) is 0.669. The molecule has 2 aromatic rings. The summed E-state index contributed by atoms with van der Waals surface area (Å²) in [5, 5.41) is 4.42. The normalized spacial score (nSPS) is 19.8. The number of hydrogen-bond acceptors (Lipinski definition) is 3. The Bertz CT molecular complexity index is 520. The third kappa shape index (κ3) is 3.32. The van der Waals surface area contributed by atoms with E-state index in [1.165, 1.54) is 11.3 Å². The molecule has 3 rings (SSSR count). The van der Waals surface area contributed by atoms with E-state index in [2.05, 4.69) is 44.6 Å². The van der Waals surface area contributed by atoms with Crippen LogP contribution in [0, 0.1) is 5.92 Å². The molecule has 1 aliphatic heterocycles. The zero-order valence-electron chi connectivity index (χ0n) is 12.0. The number of thiophene rings is 1. The topological polar surface area (TPSA) is 17.4 Å². The van der Waals surface area contributed by atoms with Crippen molar-refractivity contribution in [2.24, 2.45) is 5.92 Å². The summed E-state index contributed by atoms with van der Waals surface area (Å²) in [6.07, 6.45) is 3.34. The van der Waals surface area contributed by atoms with E-state index in [0.717, 1.165) is 39.2 Å². The zero-order valence-corrected chi connectivity index (χ0v) is 12.8. The van der Waals surface area contributed by atoms with Gasteiger partial charge in [0, 0.05) is 51.8 Å². The Morgan fingerprint density at radius 3 is 3.10 bits per heavy atom. The summed E-state index contributed by atoms with van der Waals surface area (Å²) in [4.78, 5) is 2.57. The van der Waals surface area contributed by atoms with Crippen molar-refractivity contribution in [3.05, 3.63) is 46.4 Å². The molecule has 2 aromatic heterocycles. The number of fused-ring (bicyclic) bond motifs is 1. The lowest BCUT2D eigenvalue weighted by Crippen LogP contribution is -2.28. The van der Waals surface area contributed by atoms with Crippen molar-refractivity contribution >= 4 is 11.3 Å². The summed E-state index contributed by atoms with van der Waals surface area (Å²) in [7, 11) is 1.79. The third-order valence-corrected chi connectivity index (χ3v) is 4.73. The summed E-state index contributed by atoms with van der Waals surface area (Å²) in [6, 6.07) is 6.65. The highest BCUT2D eigenvalue weighted by Crippen LogP contribution is 2.21. The second kappa shape index (κ2) is 6.57. The van der Waals surface area contributed by atoms with Gasteiger partial charge in [-0.1, -0.05) is 0 Å². The maximum atomic E-state index is 5.27. The molecule has 0 saturated heterocycles. The van der Waals surface area contributed by atoms with Crippen LogP contribution < -0.4 is 0 Å². The molecule has 108 valence electrons. The molecule has 0 fully saturated rings. The maximum absolute atomic E-state index is 5.27. The molecule has 1 aliphatic rings. The summed E-state index contributed by atoms with van der Waals surface area (Å²) in [5.41, 5.74) is 2.86. The van der Waals surface area contributed by atoms with Crippen LogP contribution in [-0.2, 0) is 24.4 Å². The second-order valence-electron chi connectivity index (χ2n) is 5.60. The van der Waals surface area contributed by atoms with Crippen LogP contribution in [0.15, 0.2) is 35.2 Å². The molecule has 1 atom stereocenters. The van der Waals surface area contributed by atoms with Gasteiger partial charge in [-0.05, 0) is 46.9 Å². The first-order valence-electron chi connectivity index (χ1n) is 7.21. The first kappa shape index (κ1) is 13.9. The fourth-order valence-electron chi connectivity index (χ4n) is 2.99. The number of hydrogen-bond donors (Lipinski definition) is 0. The van der Waals surface area contributed by atoms with Crippen molar-refractivity contribution in [1.29, 1.82) is 0 Å². The Labute approximate surface area is 124 Å². The average Bonchev–Trinajstić information content (AvgIpc) is 3.06. The highest BCUT2D eigenvalue weighted by molar-refractivity contribution is 7.07. The van der Waals surface area contributed by atoms with Crippen LogP contribution in [0.1, 0.15) is 17.7 Å². The zero-order chi connectivity index (χ0) is 13.8. The standard InChI is InChI=1S/C16H22N2OS/c1-19-7-4-14-9-17(10-15-5-8-20-13-15)12-16-3-2-6-18(16)11-14/h2-3,5-6,8,13-14H,4,7,9-12H2,1H3/t14-/m1/s1. The summed E-state index contributed by atoms with van der Waals surface area (Å²) in [6.45, 7) is 5.23. The van der Waals surface area contributed by atoms with E-state index >= 15 is 0 Å². The molecule has 0 radical (unpaired) electrons. The molecule has 20 heavy (non-hydrogen) atoms. The molecule has 0 N–H and O–H groups in total. The van der Waals surface area contributed by atoms with Gasteiger partial charge in [-0.15, -0.1) is 0 Å². The van der Waals surface area contributed by atoms with E-state index in [1.807, 2.05) is 0 Å². The smallest absolute Gasteiger partial charge is 0.0466 e. The Morgan fingerprint density at radius 1 is 1.35 bits per heavy atom. The van der Waals surface area contributed by atoms with E-state index in [4.69, 9.17) is 4.74 Å². The van der Waals surface area contributed by atoms with Gasteiger partial charge in [0.25, 0.3) is 0 Å². The number of rotatable bonds is 5. The number of ether oxygens (including phenoxy) is 1. The van der Waals surface area contributed by atoms with E-state index in [0.29, 0.717) is 5.92 Å².